The molecule has 6 aromatic carbocycles. The van der Waals surface area contributed by atoms with Crippen LogP contribution in [0.5, 0.6) is 11.8 Å². The summed E-state index contributed by atoms with van der Waals surface area (Å²) in [7, 11) is 0. The number of benzene rings is 6. The number of halogens is 10. The largest absolute Gasteiger partial charge is 0.473 e. The van der Waals surface area contributed by atoms with E-state index in [0.717, 1.165) is 36.4 Å². The number of imidazole rings is 2. The highest BCUT2D eigenvalue weighted by molar-refractivity contribution is 6.05. The third kappa shape index (κ3) is 12.6. The van der Waals surface area contributed by atoms with Crippen molar-refractivity contribution in [2.45, 2.75) is 78.7 Å². The van der Waals surface area contributed by atoms with E-state index >= 15 is 17.6 Å². The molecule has 2 atom stereocenters. The number of hydrogen-bond acceptors (Lipinski definition) is 11. The Labute approximate surface area is 513 Å². The second-order valence-corrected chi connectivity index (χ2v) is 23.7. The van der Waals surface area contributed by atoms with Crippen LogP contribution in [0, 0.1) is 45.7 Å². The van der Waals surface area contributed by atoms with Crippen molar-refractivity contribution in [1.29, 1.82) is 0 Å². The van der Waals surface area contributed by atoms with E-state index in [1.807, 2.05) is 36.8 Å². The van der Waals surface area contributed by atoms with Crippen LogP contribution in [0.15, 0.2) is 133 Å². The minimum Gasteiger partial charge on any atom is -0.473 e. The number of ether oxygens (including phenoxy) is 5. The van der Waals surface area contributed by atoms with Crippen molar-refractivity contribution in [2.24, 2.45) is 10.8 Å². The van der Waals surface area contributed by atoms with E-state index in [2.05, 4.69) is 9.97 Å². The molecule has 468 valence electrons. The van der Waals surface area contributed by atoms with E-state index in [1.165, 1.54) is 72.8 Å². The molecule has 0 amide bonds. The number of aromatic nitrogens is 6. The minimum atomic E-state index is -2.86. The Bertz CT molecular complexity index is 4210. The first kappa shape index (κ1) is 61.7. The molecular weight excluding hydrogens is 1200 g/mol. The molecule has 6 heterocycles. The average Bonchev–Trinajstić information content (AvgIpc) is 1.63. The third-order valence-electron chi connectivity index (χ3n) is 16.5. The minimum absolute atomic E-state index is 0.00461. The number of pyridine rings is 2. The molecule has 13 nitrogen and oxygen atoms in total. The number of alkyl halides is 4. The summed E-state index contributed by atoms with van der Waals surface area (Å²) in [6.45, 7) is 8.21. The van der Waals surface area contributed by atoms with Crippen molar-refractivity contribution in [3.05, 3.63) is 225 Å². The Morgan fingerprint density at radius 1 is 0.495 bits per heavy atom. The summed E-state index contributed by atoms with van der Waals surface area (Å²) >= 11 is 0. The van der Waals surface area contributed by atoms with Gasteiger partial charge in [0.1, 0.15) is 59.8 Å². The maximum absolute atomic E-state index is 16.3. The van der Waals surface area contributed by atoms with Crippen LogP contribution in [0.2, 0.25) is 0 Å². The molecule has 2 fully saturated rings. The van der Waals surface area contributed by atoms with Crippen LogP contribution < -0.4 is 9.47 Å². The molecule has 0 spiro atoms. The van der Waals surface area contributed by atoms with Crippen molar-refractivity contribution in [3.8, 4) is 34.3 Å². The van der Waals surface area contributed by atoms with E-state index in [4.69, 9.17) is 33.7 Å². The zero-order valence-electron chi connectivity index (χ0n) is 49.0. The monoisotopic (exact) mass is 1260 g/mol. The second kappa shape index (κ2) is 24.7. The van der Waals surface area contributed by atoms with Gasteiger partial charge in [-0.1, -0.05) is 64.1 Å². The number of rotatable bonds is 18. The predicted molar refractivity (Wildman–Crippen MR) is 313 cm³/mol. The van der Waals surface area contributed by atoms with E-state index in [-0.39, 0.29) is 107 Å². The lowest BCUT2D eigenvalue weighted by atomic mass is 9.87. The highest BCUT2D eigenvalue weighted by Gasteiger charge is 2.41. The molecule has 4 aromatic heterocycles. The van der Waals surface area contributed by atoms with Gasteiger partial charge < -0.3 is 32.8 Å². The maximum Gasteiger partial charge on any atom is 0.346 e. The highest BCUT2D eigenvalue weighted by Crippen LogP contribution is 2.43. The average molecular weight is 1260 g/mol. The molecule has 2 aliphatic rings. The fourth-order valence-corrected chi connectivity index (χ4v) is 11.5. The summed E-state index contributed by atoms with van der Waals surface area (Å²) < 4.78 is 179. The van der Waals surface area contributed by atoms with E-state index < -0.39 is 93.7 Å². The van der Waals surface area contributed by atoms with Crippen LogP contribution in [-0.4, -0.2) is 67.4 Å². The van der Waals surface area contributed by atoms with Gasteiger partial charge in [-0.25, -0.2) is 73.4 Å². The molecule has 2 saturated heterocycles. The van der Waals surface area contributed by atoms with Gasteiger partial charge in [0.05, 0.1) is 83.1 Å². The van der Waals surface area contributed by atoms with Crippen molar-refractivity contribution >= 4 is 34.0 Å². The van der Waals surface area contributed by atoms with Gasteiger partial charge in [0.25, 0.3) is 12.9 Å². The van der Waals surface area contributed by atoms with Gasteiger partial charge in [-0.3, -0.25) is 0 Å². The standard InChI is InChI=1S/C68H54F10N6O7/c1-67(2)33-87-31-57(67)83-55-23-37(15-17-53(55)79-59(83)25-41-21-49(73)43(27-47(41)71)51-7-5-9-61(81-51)89-29-39-13-11-35(63(75)76)19-45(39)69)65(85)91-66(86)38-16-18-54-56(24-38)84(58-32-88-34-68(58,3)4)60(80-54)26-42-22-50(74)44(28-48(42)72)52-8-6-10-62(82-52)90-30-40-14-12-36(64(77)78)20-46(40)70/h5-24,27-28,57-58,63-64H,25-26,29-34H2,1-4H3. The summed E-state index contributed by atoms with van der Waals surface area (Å²) in [5.74, 6) is -6.62. The lowest BCUT2D eigenvalue weighted by Gasteiger charge is -2.28. The second-order valence-electron chi connectivity index (χ2n) is 23.7. The number of esters is 2. The summed E-state index contributed by atoms with van der Waals surface area (Å²) in [5.41, 5.74) is -1.08. The summed E-state index contributed by atoms with van der Waals surface area (Å²) in [6.07, 6.45) is -6.17. The van der Waals surface area contributed by atoms with Crippen LogP contribution in [0.25, 0.3) is 44.6 Å². The molecule has 23 heteroatoms. The van der Waals surface area contributed by atoms with Crippen molar-refractivity contribution in [1.82, 2.24) is 29.1 Å². The fraction of sp³-hybridized carbons (Fsp3) is 0.265. The SMILES string of the molecule is CC1(C)COCC1n1c(Cc2cc(F)c(-c3cccc(OCc4ccc(C(F)F)cc4F)n3)cc2F)nc2ccc(C(=O)OC(=O)c3ccc4nc(Cc5cc(F)c(-c6cccc(OCc7ccc(C(F)F)cc7F)n6)cc5F)n(C5COCC5(C)C)c4c3)cc21. The molecule has 10 aromatic rings. The number of nitrogens with zero attached hydrogens (tertiary/aromatic N) is 6. The first-order valence-electron chi connectivity index (χ1n) is 28.7. The van der Waals surface area contributed by atoms with Crippen molar-refractivity contribution in [3.63, 3.8) is 0 Å². The molecule has 2 aliphatic heterocycles. The lowest BCUT2D eigenvalue weighted by molar-refractivity contribution is 0.0397. The third-order valence-corrected chi connectivity index (χ3v) is 16.5. The van der Waals surface area contributed by atoms with E-state index in [1.54, 1.807) is 12.1 Å². The molecule has 0 aliphatic carbocycles. The van der Waals surface area contributed by atoms with Crippen LogP contribution in [0.3, 0.4) is 0 Å². The van der Waals surface area contributed by atoms with E-state index in [0.29, 0.717) is 59.1 Å². The van der Waals surface area contributed by atoms with Crippen LogP contribution in [-0.2, 0) is 40.3 Å². The van der Waals surface area contributed by atoms with Gasteiger partial charge in [0.15, 0.2) is 0 Å². The fourth-order valence-electron chi connectivity index (χ4n) is 11.5. The summed E-state index contributed by atoms with van der Waals surface area (Å²) in [4.78, 5) is 46.4. The number of carbonyl (C=O) groups is 2. The van der Waals surface area contributed by atoms with Gasteiger partial charge in [-0.2, -0.15) is 0 Å². The molecule has 0 bridgehead atoms. The zero-order chi connectivity index (χ0) is 64.2. The Hall–Kier alpha value is -9.48. The highest BCUT2D eigenvalue weighted by atomic mass is 19.3. The first-order chi connectivity index (χ1) is 43.5. The summed E-state index contributed by atoms with van der Waals surface area (Å²) in [5, 5.41) is 0. The smallest absolute Gasteiger partial charge is 0.346 e. The van der Waals surface area contributed by atoms with Crippen LogP contribution in [0.1, 0.15) is 118 Å². The van der Waals surface area contributed by atoms with Gasteiger partial charge in [0.2, 0.25) is 11.8 Å². The quantitative estimate of drug-likeness (QED) is 0.0460. The predicted octanol–water partition coefficient (Wildman–Crippen LogP) is 15.8. The van der Waals surface area contributed by atoms with Crippen LogP contribution >= 0.6 is 0 Å². The Morgan fingerprint density at radius 2 is 0.901 bits per heavy atom. The van der Waals surface area contributed by atoms with E-state index in [9.17, 15) is 35.9 Å². The van der Waals surface area contributed by atoms with Gasteiger partial charge in [0, 0.05) is 69.2 Å². The first-order valence-corrected chi connectivity index (χ1v) is 28.7. The zero-order valence-corrected chi connectivity index (χ0v) is 49.0. The molecule has 0 N–H and O–H groups in total. The molecule has 0 saturated carbocycles. The Morgan fingerprint density at radius 3 is 1.27 bits per heavy atom. The maximum atomic E-state index is 16.3. The van der Waals surface area contributed by atoms with Gasteiger partial charge in [-0.05, 0) is 96.1 Å². The van der Waals surface area contributed by atoms with Crippen LogP contribution in [0.4, 0.5) is 43.9 Å². The summed E-state index contributed by atoms with van der Waals surface area (Å²) in [6, 6.07) is 26.7. The number of carbonyl (C=O) groups excluding carboxylic acids is 2. The van der Waals surface area contributed by atoms with Gasteiger partial charge in [-0.15, -0.1) is 0 Å². The molecular formula is C68H54F10N6O7. The Balaban J connectivity index is 0.781. The van der Waals surface area contributed by atoms with Crippen molar-refractivity contribution < 1.29 is 77.2 Å². The topological polar surface area (TPSA) is 142 Å². The normalized spacial score (nSPS) is 16.2. The number of fused-ring (bicyclic) bond motifs is 2. The number of hydrogen-bond donors (Lipinski definition) is 0. The molecule has 91 heavy (non-hydrogen) atoms. The van der Waals surface area contributed by atoms with Crippen molar-refractivity contribution in [2.75, 3.05) is 26.4 Å². The molecule has 12 rings (SSSR count). The van der Waals surface area contributed by atoms with Gasteiger partial charge >= 0.3 is 11.9 Å². The lowest BCUT2D eigenvalue weighted by Crippen LogP contribution is -2.27. The molecule has 0 radical (unpaired) electrons. The Kier molecular flexibility index (Phi) is 16.8. The molecule has 2 unspecified atom stereocenters.